The number of rotatable bonds is 65. The number of esters is 4. The van der Waals surface area contributed by atoms with Crippen LogP contribution < -0.4 is 0 Å². The van der Waals surface area contributed by atoms with Crippen LogP contribution in [0.25, 0.3) is 0 Å². The van der Waals surface area contributed by atoms with Crippen molar-refractivity contribution in [2.45, 2.75) is 350 Å². The zero-order valence-electron chi connectivity index (χ0n) is 56.6. The lowest BCUT2D eigenvalue weighted by Crippen LogP contribution is -2.30. The highest BCUT2D eigenvalue weighted by Gasteiger charge is 2.30. The highest BCUT2D eigenvalue weighted by Crippen LogP contribution is 2.45. The van der Waals surface area contributed by atoms with Gasteiger partial charge >= 0.3 is 39.5 Å². The third-order valence-electron chi connectivity index (χ3n) is 16.3. The monoisotopic (exact) mass is 1280 g/mol. The maximum atomic E-state index is 13.0. The van der Waals surface area contributed by atoms with E-state index in [0.29, 0.717) is 31.6 Å². The highest BCUT2D eigenvalue weighted by molar-refractivity contribution is 7.47. The summed E-state index contributed by atoms with van der Waals surface area (Å²) in [7, 11) is -9.90. The lowest BCUT2D eigenvalue weighted by Gasteiger charge is -2.21. The Morgan fingerprint density at radius 1 is 0.322 bits per heavy atom. The molecular formula is C68H132O17P2. The minimum Gasteiger partial charge on any atom is -0.462 e. The first-order valence-electron chi connectivity index (χ1n) is 35.3. The molecule has 0 radical (unpaired) electrons. The molecule has 0 aromatic carbocycles. The second-order valence-electron chi connectivity index (χ2n) is 26.0. The number of carbonyl (C=O) groups excluding carboxylic acids is 4. The molecule has 87 heavy (non-hydrogen) atoms. The summed E-state index contributed by atoms with van der Waals surface area (Å²) in [5.41, 5.74) is 0. The molecule has 7 atom stereocenters. The van der Waals surface area contributed by atoms with E-state index in [4.69, 9.17) is 37.0 Å². The van der Waals surface area contributed by atoms with Crippen molar-refractivity contribution < 1.29 is 80.2 Å². The molecule has 0 aromatic rings. The van der Waals surface area contributed by atoms with Crippen molar-refractivity contribution in [3.05, 3.63) is 0 Å². The molecule has 0 saturated heterocycles. The zero-order valence-corrected chi connectivity index (χ0v) is 58.4. The van der Waals surface area contributed by atoms with Gasteiger partial charge in [-0.1, -0.05) is 280 Å². The van der Waals surface area contributed by atoms with Gasteiger partial charge in [-0.05, 0) is 49.4 Å². The van der Waals surface area contributed by atoms with Gasteiger partial charge < -0.3 is 33.8 Å². The van der Waals surface area contributed by atoms with Crippen LogP contribution in [0.5, 0.6) is 0 Å². The third-order valence-corrected chi connectivity index (χ3v) is 18.2. The molecule has 0 amide bonds. The average molecular weight is 1280 g/mol. The number of ether oxygens (including phenoxy) is 4. The molecule has 0 fully saturated rings. The maximum absolute atomic E-state index is 13.0. The summed E-state index contributed by atoms with van der Waals surface area (Å²) < 4.78 is 68.1. The minimum absolute atomic E-state index is 0.101. The number of phosphoric ester groups is 2. The number of carbonyl (C=O) groups is 4. The van der Waals surface area contributed by atoms with E-state index in [1.807, 2.05) is 0 Å². The summed E-state index contributed by atoms with van der Waals surface area (Å²) in [6, 6.07) is 0. The van der Waals surface area contributed by atoms with Gasteiger partial charge in [-0.2, -0.15) is 0 Å². The molecule has 17 nitrogen and oxygen atoms in total. The first kappa shape index (κ1) is 85.1. The molecule has 3 N–H and O–H groups in total. The zero-order chi connectivity index (χ0) is 64.7. The molecule has 19 heteroatoms. The van der Waals surface area contributed by atoms with Gasteiger partial charge in [-0.3, -0.25) is 37.3 Å². The van der Waals surface area contributed by atoms with Crippen molar-refractivity contribution in [1.82, 2.24) is 0 Å². The molecule has 0 aliphatic carbocycles. The fraction of sp³-hybridized carbons (Fsp3) is 0.941. The minimum atomic E-state index is -4.95. The predicted octanol–water partition coefficient (Wildman–Crippen LogP) is 18.9. The number of hydrogen-bond acceptors (Lipinski definition) is 15. The largest absolute Gasteiger partial charge is 0.472 e. The topological polar surface area (TPSA) is 237 Å². The van der Waals surface area contributed by atoms with E-state index in [1.165, 1.54) is 122 Å². The Hall–Kier alpha value is -1.94. The van der Waals surface area contributed by atoms with Crippen molar-refractivity contribution in [1.29, 1.82) is 0 Å². The molecular weight excluding hydrogens is 1150 g/mol. The van der Waals surface area contributed by atoms with Crippen molar-refractivity contribution in [3.63, 3.8) is 0 Å². The van der Waals surface area contributed by atoms with Crippen LogP contribution >= 0.6 is 15.6 Å². The molecule has 0 saturated carbocycles. The predicted molar refractivity (Wildman–Crippen MR) is 349 cm³/mol. The van der Waals surface area contributed by atoms with Gasteiger partial charge in [0.15, 0.2) is 12.2 Å². The number of unbranched alkanes of at least 4 members (excludes halogenated alkanes) is 29. The summed E-state index contributed by atoms with van der Waals surface area (Å²) in [6.07, 6.45) is 39.1. The van der Waals surface area contributed by atoms with E-state index in [2.05, 4.69) is 55.4 Å². The second kappa shape index (κ2) is 57.9. The van der Waals surface area contributed by atoms with Crippen LogP contribution in [0.2, 0.25) is 0 Å². The summed E-state index contributed by atoms with van der Waals surface area (Å²) in [5.74, 6) is 0.814. The molecule has 0 spiro atoms. The number of phosphoric acid groups is 2. The van der Waals surface area contributed by atoms with Crippen LogP contribution in [0.15, 0.2) is 0 Å². The van der Waals surface area contributed by atoms with Gasteiger partial charge in [0.25, 0.3) is 0 Å². The van der Waals surface area contributed by atoms with Crippen molar-refractivity contribution >= 4 is 39.5 Å². The number of hydrogen-bond donors (Lipinski definition) is 3. The van der Waals surface area contributed by atoms with Gasteiger partial charge in [-0.15, -0.1) is 0 Å². The van der Waals surface area contributed by atoms with E-state index in [0.717, 1.165) is 120 Å². The van der Waals surface area contributed by atoms with Gasteiger partial charge in [0.1, 0.15) is 19.3 Å². The van der Waals surface area contributed by atoms with Crippen molar-refractivity contribution in [2.24, 2.45) is 23.7 Å². The lowest BCUT2D eigenvalue weighted by atomic mass is 10.00. The molecule has 516 valence electrons. The quantitative estimate of drug-likeness (QED) is 0.0222. The molecule has 5 unspecified atom stereocenters. The summed E-state index contributed by atoms with van der Waals surface area (Å²) in [5, 5.41) is 10.6. The van der Waals surface area contributed by atoms with Gasteiger partial charge in [0.05, 0.1) is 26.4 Å². The molecule has 0 aromatic heterocycles. The molecule has 0 bridgehead atoms. The Bertz CT molecular complexity index is 1730. The Labute approximate surface area is 530 Å². The highest BCUT2D eigenvalue weighted by atomic mass is 31.2. The Kier molecular flexibility index (Phi) is 56.6. The summed E-state index contributed by atoms with van der Waals surface area (Å²) >= 11 is 0. The fourth-order valence-electron chi connectivity index (χ4n) is 10.1. The van der Waals surface area contributed by atoms with Crippen LogP contribution in [0.3, 0.4) is 0 Å². The van der Waals surface area contributed by atoms with Crippen LogP contribution in [0.1, 0.15) is 331 Å². The average Bonchev–Trinajstić information content (AvgIpc) is 3.57. The normalized spacial score (nSPS) is 15.0. The van der Waals surface area contributed by atoms with E-state index < -0.39 is 97.5 Å². The SMILES string of the molecule is CCC(C)CCCCCCCCC(=O)OC[C@H](COP(=O)(O)OCC(O)COP(=O)(O)OC[C@@H](COC(=O)CCCCCCCCCC(C)C)OC(=O)CCCCCCCCCCCCCCCCC(C)C)OC(=O)CCCCCCCCC(C)CC. The number of aliphatic hydroxyl groups is 1. The summed E-state index contributed by atoms with van der Waals surface area (Å²) in [6.45, 7) is 14.0. The van der Waals surface area contributed by atoms with E-state index >= 15 is 0 Å². The Morgan fingerprint density at radius 3 is 0.816 bits per heavy atom. The Balaban J connectivity index is 5.23. The lowest BCUT2D eigenvalue weighted by molar-refractivity contribution is -0.161. The van der Waals surface area contributed by atoms with E-state index in [-0.39, 0.29) is 25.7 Å². The van der Waals surface area contributed by atoms with Gasteiger partial charge in [-0.25, -0.2) is 9.13 Å². The summed E-state index contributed by atoms with van der Waals surface area (Å²) in [4.78, 5) is 72.4. The smallest absolute Gasteiger partial charge is 0.462 e. The van der Waals surface area contributed by atoms with Crippen LogP contribution in [-0.4, -0.2) is 96.7 Å². The first-order chi connectivity index (χ1) is 41.7. The third kappa shape index (κ3) is 60.1. The fourth-order valence-corrected chi connectivity index (χ4v) is 11.7. The molecule has 0 aliphatic heterocycles. The molecule has 0 heterocycles. The first-order valence-corrected chi connectivity index (χ1v) is 38.3. The van der Waals surface area contributed by atoms with Gasteiger partial charge in [0, 0.05) is 25.7 Å². The van der Waals surface area contributed by atoms with Crippen LogP contribution in [0, 0.1) is 23.7 Å². The standard InChI is InChI=1S/C68H132O17P2/c1-9-60(7)46-38-30-24-26-33-41-49-66(71)79-55-64(85-68(73)51-43-35-27-25-31-39-47-61(8)10-2)57-83-87(76,77)81-53-62(69)52-80-86(74,75)82-56-63(54-78-65(70)48-40-32-23-19-21-29-37-45-59(5)6)84-67(72)50-42-34-22-18-16-14-12-11-13-15-17-20-28-36-44-58(3)4/h58-64,69H,9-57H2,1-8H3,(H,74,75)(H,76,77)/t60?,61?,62?,63-,64-/m1/s1. The van der Waals surface area contributed by atoms with E-state index in [1.54, 1.807) is 0 Å². The Morgan fingerprint density at radius 2 is 0.552 bits per heavy atom. The van der Waals surface area contributed by atoms with Gasteiger partial charge in [0.2, 0.25) is 0 Å². The molecule has 0 aliphatic rings. The second-order valence-corrected chi connectivity index (χ2v) is 28.9. The van der Waals surface area contributed by atoms with Crippen LogP contribution in [0.4, 0.5) is 0 Å². The van der Waals surface area contributed by atoms with Crippen molar-refractivity contribution in [3.8, 4) is 0 Å². The number of aliphatic hydroxyl groups excluding tert-OH is 1. The van der Waals surface area contributed by atoms with Crippen molar-refractivity contribution in [2.75, 3.05) is 39.6 Å². The molecule has 0 rings (SSSR count). The van der Waals surface area contributed by atoms with Crippen LogP contribution in [-0.2, 0) is 65.4 Å². The maximum Gasteiger partial charge on any atom is 0.472 e. The van der Waals surface area contributed by atoms with E-state index in [9.17, 15) is 43.2 Å².